The van der Waals surface area contributed by atoms with Gasteiger partial charge in [-0.05, 0) is 49.1 Å². The van der Waals surface area contributed by atoms with Crippen LogP contribution in [0.4, 0.5) is 0 Å². The molecule has 1 saturated heterocycles. The lowest BCUT2D eigenvalue weighted by Gasteiger charge is -2.32. The third-order valence-corrected chi connectivity index (χ3v) is 6.10. The number of amides is 1. The highest BCUT2D eigenvalue weighted by Crippen LogP contribution is 2.23. The Balaban J connectivity index is 1.19. The van der Waals surface area contributed by atoms with Gasteiger partial charge in [0.2, 0.25) is 5.91 Å². The molecule has 154 valence electrons. The summed E-state index contributed by atoms with van der Waals surface area (Å²) in [4.78, 5) is 30.8. The van der Waals surface area contributed by atoms with Crippen LogP contribution in [-0.2, 0) is 17.6 Å². The van der Waals surface area contributed by atoms with Crippen molar-refractivity contribution >= 4 is 39.6 Å². The fourth-order valence-electron chi connectivity index (χ4n) is 4.37. The summed E-state index contributed by atoms with van der Waals surface area (Å²) in [6.07, 6.45) is 4.12. The van der Waals surface area contributed by atoms with Crippen molar-refractivity contribution in [1.82, 2.24) is 24.8 Å². The Hall–Kier alpha value is -2.86. The topological polar surface area (TPSA) is 77.7 Å². The van der Waals surface area contributed by atoms with Crippen LogP contribution in [0, 0.1) is 5.92 Å². The van der Waals surface area contributed by atoms with Crippen molar-refractivity contribution in [2.24, 2.45) is 5.92 Å². The summed E-state index contributed by atoms with van der Waals surface area (Å²) in [5.74, 6) is 2.47. The number of piperidine rings is 1. The fourth-order valence-corrected chi connectivity index (χ4v) is 4.54. The summed E-state index contributed by atoms with van der Waals surface area (Å²) in [5.41, 5.74) is 3.87. The van der Waals surface area contributed by atoms with Crippen LogP contribution in [0.15, 0.2) is 42.5 Å². The van der Waals surface area contributed by atoms with E-state index in [9.17, 15) is 4.79 Å². The predicted molar refractivity (Wildman–Crippen MR) is 119 cm³/mol. The zero-order chi connectivity index (χ0) is 20.5. The Kier molecular flexibility index (Phi) is 5.17. The van der Waals surface area contributed by atoms with E-state index in [0.717, 1.165) is 66.1 Å². The Labute approximate surface area is 179 Å². The molecule has 0 unspecified atom stereocenters. The molecule has 2 aromatic carbocycles. The lowest BCUT2D eigenvalue weighted by molar-refractivity contribution is -0.133. The molecule has 7 heteroatoms. The summed E-state index contributed by atoms with van der Waals surface area (Å²) in [5, 5.41) is 0.705. The fraction of sp³-hybridized carbons (Fsp3) is 0.348. The first-order valence-electron chi connectivity index (χ1n) is 10.5. The number of carbonyl (C=O) groups is 1. The first kappa shape index (κ1) is 19.1. The molecule has 1 aliphatic rings. The molecule has 0 aliphatic carbocycles. The highest BCUT2D eigenvalue weighted by Gasteiger charge is 2.24. The predicted octanol–water partition coefficient (Wildman–Crippen LogP) is 4.51. The molecule has 1 atom stereocenters. The van der Waals surface area contributed by atoms with Crippen LogP contribution in [-0.4, -0.2) is 43.8 Å². The van der Waals surface area contributed by atoms with Gasteiger partial charge in [0.1, 0.15) is 11.6 Å². The molecule has 1 amide bonds. The first-order valence-corrected chi connectivity index (χ1v) is 10.9. The third-order valence-electron chi connectivity index (χ3n) is 5.86. The maximum Gasteiger partial charge on any atom is 0.223 e. The van der Waals surface area contributed by atoms with Crippen LogP contribution in [0.1, 0.15) is 30.9 Å². The number of benzene rings is 2. The van der Waals surface area contributed by atoms with Crippen molar-refractivity contribution in [3.8, 4) is 0 Å². The van der Waals surface area contributed by atoms with E-state index >= 15 is 0 Å². The Morgan fingerprint density at radius 3 is 2.77 bits per heavy atom. The second-order valence-electron chi connectivity index (χ2n) is 8.10. The normalized spacial score (nSPS) is 17.1. The highest BCUT2D eigenvalue weighted by atomic mass is 35.5. The van der Waals surface area contributed by atoms with Gasteiger partial charge in [-0.2, -0.15) is 0 Å². The van der Waals surface area contributed by atoms with E-state index in [0.29, 0.717) is 23.8 Å². The van der Waals surface area contributed by atoms with E-state index in [2.05, 4.69) is 19.9 Å². The maximum absolute atomic E-state index is 12.8. The molecular weight excluding hydrogens is 398 g/mol. The lowest BCUT2D eigenvalue weighted by Crippen LogP contribution is -2.40. The van der Waals surface area contributed by atoms with E-state index < -0.39 is 0 Å². The van der Waals surface area contributed by atoms with Crippen molar-refractivity contribution in [2.45, 2.75) is 32.1 Å². The number of hydrogen-bond donors (Lipinski definition) is 2. The number of hydrogen-bond acceptors (Lipinski definition) is 3. The lowest BCUT2D eigenvalue weighted by atomic mass is 9.94. The number of para-hydroxylation sites is 2. The van der Waals surface area contributed by atoms with Crippen LogP contribution in [0.2, 0.25) is 5.02 Å². The highest BCUT2D eigenvalue weighted by molar-refractivity contribution is 6.31. The molecule has 0 saturated carbocycles. The monoisotopic (exact) mass is 421 g/mol. The number of nitrogens with zero attached hydrogens (tertiary/aromatic N) is 3. The molecule has 4 aromatic rings. The Morgan fingerprint density at radius 1 is 1.07 bits per heavy atom. The summed E-state index contributed by atoms with van der Waals surface area (Å²) in [6.45, 7) is 1.63. The smallest absolute Gasteiger partial charge is 0.223 e. The van der Waals surface area contributed by atoms with Crippen molar-refractivity contribution < 1.29 is 4.79 Å². The molecule has 3 heterocycles. The number of carbonyl (C=O) groups excluding carboxylic acids is 1. The molecule has 6 nitrogen and oxygen atoms in total. The standard InChI is InChI=1S/C23H24ClN5O/c24-16-7-8-19-20(13-16)28-22(27-19)12-15-4-3-11-29(14-15)23(30)10-9-21-25-17-5-1-2-6-18(17)26-21/h1-2,5-8,13,15H,3-4,9-12,14H2,(H,25,26)(H,27,28)/t15-/m0/s1. The summed E-state index contributed by atoms with van der Waals surface area (Å²) in [6, 6.07) is 13.7. The van der Waals surface area contributed by atoms with Gasteiger partial charge in [-0.3, -0.25) is 4.79 Å². The maximum atomic E-state index is 12.8. The number of rotatable bonds is 5. The van der Waals surface area contributed by atoms with Crippen LogP contribution in [0.25, 0.3) is 22.1 Å². The molecule has 30 heavy (non-hydrogen) atoms. The van der Waals surface area contributed by atoms with Gasteiger partial charge in [-0.15, -0.1) is 0 Å². The number of aryl methyl sites for hydroxylation is 1. The van der Waals surface area contributed by atoms with E-state index in [1.54, 1.807) is 0 Å². The number of imidazole rings is 2. The van der Waals surface area contributed by atoms with Crippen LogP contribution < -0.4 is 0 Å². The minimum Gasteiger partial charge on any atom is -0.342 e. The number of aromatic amines is 2. The van der Waals surface area contributed by atoms with Crippen molar-refractivity contribution in [3.05, 3.63) is 59.1 Å². The largest absolute Gasteiger partial charge is 0.342 e. The van der Waals surface area contributed by atoms with Gasteiger partial charge in [-0.1, -0.05) is 23.7 Å². The van der Waals surface area contributed by atoms with Gasteiger partial charge in [0.15, 0.2) is 0 Å². The van der Waals surface area contributed by atoms with Gasteiger partial charge >= 0.3 is 0 Å². The molecule has 5 rings (SSSR count). The molecule has 1 fully saturated rings. The number of nitrogens with one attached hydrogen (secondary N) is 2. The molecule has 0 bridgehead atoms. The van der Waals surface area contributed by atoms with Crippen LogP contribution in [0.5, 0.6) is 0 Å². The Bertz CT molecular complexity index is 1160. The minimum absolute atomic E-state index is 0.205. The van der Waals surface area contributed by atoms with Gasteiger partial charge < -0.3 is 14.9 Å². The molecule has 2 aromatic heterocycles. The third kappa shape index (κ3) is 4.05. The zero-order valence-electron chi connectivity index (χ0n) is 16.7. The summed E-state index contributed by atoms with van der Waals surface area (Å²) in [7, 11) is 0. The van der Waals surface area contributed by atoms with E-state index in [1.165, 1.54) is 0 Å². The number of likely N-dealkylation sites (tertiary alicyclic amines) is 1. The van der Waals surface area contributed by atoms with Crippen molar-refractivity contribution in [1.29, 1.82) is 0 Å². The quantitative estimate of drug-likeness (QED) is 0.497. The molecular formula is C23H24ClN5O. The molecule has 0 radical (unpaired) electrons. The molecule has 2 N–H and O–H groups in total. The average molecular weight is 422 g/mol. The SMILES string of the molecule is O=C(CCc1nc2ccccc2[nH]1)N1CCC[C@@H](Cc2nc3ccc(Cl)cc3[nH]2)C1. The van der Waals surface area contributed by atoms with Gasteiger partial charge in [0.05, 0.1) is 22.1 Å². The molecule has 1 aliphatic heterocycles. The summed E-state index contributed by atoms with van der Waals surface area (Å²) >= 11 is 6.07. The summed E-state index contributed by atoms with van der Waals surface area (Å²) < 4.78 is 0. The number of halogens is 1. The van der Waals surface area contributed by atoms with Crippen molar-refractivity contribution in [3.63, 3.8) is 0 Å². The number of H-pyrrole nitrogens is 2. The average Bonchev–Trinajstić information content (AvgIpc) is 3.34. The van der Waals surface area contributed by atoms with Crippen LogP contribution >= 0.6 is 11.6 Å². The van der Waals surface area contributed by atoms with Gasteiger partial charge in [0.25, 0.3) is 0 Å². The van der Waals surface area contributed by atoms with Gasteiger partial charge in [0, 0.05) is 37.4 Å². The molecule has 0 spiro atoms. The van der Waals surface area contributed by atoms with Crippen molar-refractivity contribution in [2.75, 3.05) is 13.1 Å². The zero-order valence-corrected chi connectivity index (χ0v) is 17.5. The number of fused-ring (bicyclic) bond motifs is 2. The van der Waals surface area contributed by atoms with E-state index in [-0.39, 0.29) is 5.91 Å². The minimum atomic E-state index is 0.205. The second-order valence-corrected chi connectivity index (χ2v) is 8.53. The van der Waals surface area contributed by atoms with E-state index in [1.807, 2.05) is 47.4 Å². The van der Waals surface area contributed by atoms with E-state index in [4.69, 9.17) is 11.6 Å². The van der Waals surface area contributed by atoms with Crippen LogP contribution in [0.3, 0.4) is 0 Å². The Morgan fingerprint density at radius 2 is 1.87 bits per heavy atom. The van der Waals surface area contributed by atoms with Gasteiger partial charge in [-0.25, -0.2) is 9.97 Å². The first-order chi connectivity index (χ1) is 14.6. The second kappa shape index (κ2) is 8.11. The number of aromatic nitrogens is 4.